The number of amides is 2. The fourth-order valence-electron chi connectivity index (χ4n) is 0.818. The number of hydrogen-bond acceptors (Lipinski definition) is 3. The first-order valence-corrected chi connectivity index (χ1v) is 4.95. The molecule has 0 aliphatic carbocycles. The summed E-state index contributed by atoms with van der Waals surface area (Å²) in [6, 6.07) is 0. The van der Waals surface area contributed by atoms with E-state index in [2.05, 4.69) is 5.32 Å². The Morgan fingerprint density at radius 2 is 1.81 bits per heavy atom. The molecule has 90 valence electrons. The largest absolute Gasteiger partial charge is 0.356 e. The van der Waals surface area contributed by atoms with Crippen molar-refractivity contribution in [1.29, 1.82) is 0 Å². The zero-order valence-electron chi connectivity index (χ0n) is 10.2. The van der Waals surface area contributed by atoms with E-state index in [9.17, 15) is 9.59 Å². The first kappa shape index (κ1) is 14.4. The van der Waals surface area contributed by atoms with Crippen molar-refractivity contribution in [3.8, 4) is 0 Å². The first-order chi connectivity index (χ1) is 7.47. The van der Waals surface area contributed by atoms with Crippen LogP contribution in [0, 0.1) is 0 Å². The van der Waals surface area contributed by atoms with E-state index in [0.717, 1.165) is 0 Å². The summed E-state index contributed by atoms with van der Waals surface area (Å²) in [5.41, 5.74) is 0. The normalized spacial score (nSPS) is 11.3. The molecule has 0 heterocycles. The highest BCUT2D eigenvalue weighted by molar-refractivity contribution is 5.90. The summed E-state index contributed by atoms with van der Waals surface area (Å²) in [4.78, 5) is 25.6. The Kier molecular flexibility index (Phi) is 6.87. The lowest BCUT2D eigenvalue weighted by Gasteiger charge is -2.09. The maximum atomic E-state index is 11.5. The lowest BCUT2D eigenvalue weighted by atomic mass is 10.4. The molecule has 0 unspecified atom stereocenters. The maximum absolute atomic E-state index is 11.5. The summed E-state index contributed by atoms with van der Waals surface area (Å²) in [6.45, 7) is 0.707. The molecule has 2 amide bonds. The third-order valence-corrected chi connectivity index (χ3v) is 1.77. The second-order valence-electron chi connectivity index (χ2n) is 3.54. The fraction of sp³-hybridized carbons (Fsp3) is 0.455. The van der Waals surface area contributed by atoms with E-state index in [1.165, 1.54) is 30.3 Å². The van der Waals surface area contributed by atoms with Crippen LogP contribution in [0.25, 0.3) is 0 Å². The molecule has 0 rings (SSSR count). The summed E-state index contributed by atoms with van der Waals surface area (Å²) in [6.07, 6.45) is 5.99. The van der Waals surface area contributed by atoms with Gasteiger partial charge < -0.3 is 15.1 Å². The predicted octanol–water partition coefficient (Wildman–Crippen LogP) is -0.178. The number of nitrogens with one attached hydrogen (secondary N) is 1. The molecule has 0 aromatic heterocycles. The number of likely N-dealkylation sites (N-methyl/N-ethyl adjacent to an activating group) is 3. The molecular weight excluding hydrogens is 206 g/mol. The van der Waals surface area contributed by atoms with Gasteiger partial charge in [0, 0.05) is 39.0 Å². The summed E-state index contributed by atoms with van der Waals surface area (Å²) < 4.78 is 0. The molecule has 0 atom stereocenters. The Balaban J connectivity index is 4.13. The quantitative estimate of drug-likeness (QED) is 0.661. The minimum Gasteiger partial charge on any atom is -0.356 e. The van der Waals surface area contributed by atoms with Crippen molar-refractivity contribution in [2.75, 3.05) is 34.7 Å². The van der Waals surface area contributed by atoms with Gasteiger partial charge in [-0.2, -0.15) is 0 Å². The van der Waals surface area contributed by atoms with Gasteiger partial charge >= 0.3 is 0 Å². The van der Waals surface area contributed by atoms with Gasteiger partial charge in [-0.1, -0.05) is 6.08 Å². The Morgan fingerprint density at radius 3 is 2.31 bits per heavy atom. The second-order valence-corrected chi connectivity index (χ2v) is 3.54. The number of carbonyl (C=O) groups excluding carboxylic acids is 2. The smallest absolute Gasteiger partial charge is 0.249 e. The molecule has 0 saturated heterocycles. The standard InChI is InChI=1S/C11H19N3O2/c1-12-10(15)7-9-14(4)11(16)6-5-8-13(2)3/h5-7,9H,8H2,1-4H3,(H,12,15)/b6-5+,9-7+. The van der Waals surface area contributed by atoms with Crippen molar-refractivity contribution in [1.82, 2.24) is 15.1 Å². The average Bonchev–Trinajstić information content (AvgIpc) is 2.24. The van der Waals surface area contributed by atoms with Gasteiger partial charge in [-0.15, -0.1) is 0 Å². The van der Waals surface area contributed by atoms with Gasteiger partial charge in [0.25, 0.3) is 0 Å². The van der Waals surface area contributed by atoms with Crippen molar-refractivity contribution in [2.24, 2.45) is 0 Å². The van der Waals surface area contributed by atoms with Crippen LogP contribution in [0.4, 0.5) is 0 Å². The van der Waals surface area contributed by atoms with E-state index in [1.54, 1.807) is 13.1 Å². The highest BCUT2D eigenvalue weighted by Gasteiger charge is 2.00. The van der Waals surface area contributed by atoms with Crippen molar-refractivity contribution in [3.05, 3.63) is 24.4 Å². The number of hydrogen-bond donors (Lipinski definition) is 1. The van der Waals surface area contributed by atoms with Gasteiger partial charge in [-0.25, -0.2) is 0 Å². The van der Waals surface area contributed by atoms with Crippen LogP contribution in [0.15, 0.2) is 24.4 Å². The molecule has 0 aromatic carbocycles. The lowest BCUT2D eigenvalue weighted by Crippen LogP contribution is -2.21. The highest BCUT2D eigenvalue weighted by atomic mass is 16.2. The summed E-state index contributed by atoms with van der Waals surface area (Å²) in [5.74, 6) is -0.404. The minimum absolute atomic E-state index is 0.165. The molecular formula is C11H19N3O2. The van der Waals surface area contributed by atoms with E-state index in [1.807, 2.05) is 19.0 Å². The molecule has 0 aliphatic rings. The zero-order valence-corrected chi connectivity index (χ0v) is 10.2. The monoisotopic (exact) mass is 225 g/mol. The maximum Gasteiger partial charge on any atom is 0.249 e. The minimum atomic E-state index is -0.239. The van der Waals surface area contributed by atoms with E-state index in [0.29, 0.717) is 6.54 Å². The summed E-state index contributed by atoms with van der Waals surface area (Å²) >= 11 is 0. The molecule has 0 bridgehead atoms. The van der Waals surface area contributed by atoms with Crippen LogP contribution < -0.4 is 5.32 Å². The lowest BCUT2D eigenvalue weighted by molar-refractivity contribution is -0.122. The van der Waals surface area contributed by atoms with Gasteiger partial charge in [-0.3, -0.25) is 9.59 Å². The van der Waals surface area contributed by atoms with E-state index in [4.69, 9.17) is 0 Å². The third-order valence-electron chi connectivity index (χ3n) is 1.77. The molecule has 0 spiro atoms. The molecule has 0 saturated carbocycles. The third kappa shape index (κ3) is 6.78. The first-order valence-electron chi connectivity index (χ1n) is 4.95. The summed E-state index contributed by atoms with van der Waals surface area (Å²) in [5, 5.41) is 2.43. The number of nitrogens with zero attached hydrogens (tertiary/aromatic N) is 2. The van der Waals surface area contributed by atoms with Crippen molar-refractivity contribution < 1.29 is 9.59 Å². The van der Waals surface area contributed by atoms with Crippen molar-refractivity contribution in [3.63, 3.8) is 0 Å². The van der Waals surface area contributed by atoms with Gasteiger partial charge in [0.15, 0.2) is 0 Å². The molecule has 5 heteroatoms. The SMILES string of the molecule is CNC(=O)/C=C/N(C)C(=O)/C=C/CN(C)C. The molecule has 0 fully saturated rings. The molecule has 0 aromatic rings. The predicted molar refractivity (Wildman–Crippen MR) is 63.7 cm³/mol. The van der Waals surface area contributed by atoms with Crippen LogP contribution in [0.5, 0.6) is 0 Å². The molecule has 16 heavy (non-hydrogen) atoms. The number of carbonyl (C=O) groups is 2. The molecule has 0 aliphatic heterocycles. The van der Waals surface area contributed by atoms with Crippen molar-refractivity contribution in [2.45, 2.75) is 0 Å². The van der Waals surface area contributed by atoms with E-state index >= 15 is 0 Å². The zero-order chi connectivity index (χ0) is 12.6. The second kappa shape index (κ2) is 7.64. The van der Waals surface area contributed by atoms with Crippen LogP contribution in [0.1, 0.15) is 0 Å². The Labute approximate surface area is 96.4 Å². The van der Waals surface area contributed by atoms with Gasteiger partial charge in [0.2, 0.25) is 11.8 Å². The van der Waals surface area contributed by atoms with Crippen LogP contribution in [-0.4, -0.2) is 56.3 Å². The molecule has 1 N–H and O–H groups in total. The number of rotatable bonds is 5. The fourth-order valence-corrected chi connectivity index (χ4v) is 0.818. The van der Waals surface area contributed by atoms with Crippen LogP contribution in [0.2, 0.25) is 0 Å². The van der Waals surface area contributed by atoms with Gasteiger partial charge in [-0.05, 0) is 14.1 Å². The van der Waals surface area contributed by atoms with Crippen molar-refractivity contribution >= 4 is 11.8 Å². The van der Waals surface area contributed by atoms with E-state index < -0.39 is 0 Å². The Bertz CT molecular complexity index is 296. The Hall–Kier alpha value is -1.62. The topological polar surface area (TPSA) is 52.7 Å². The highest BCUT2D eigenvalue weighted by Crippen LogP contribution is 1.89. The van der Waals surface area contributed by atoms with Crippen LogP contribution in [0.3, 0.4) is 0 Å². The van der Waals surface area contributed by atoms with Crippen LogP contribution >= 0.6 is 0 Å². The molecule has 0 radical (unpaired) electrons. The van der Waals surface area contributed by atoms with Gasteiger partial charge in [0.05, 0.1) is 0 Å². The molecule has 5 nitrogen and oxygen atoms in total. The van der Waals surface area contributed by atoms with Crippen LogP contribution in [-0.2, 0) is 9.59 Å². The average molecular weight is 225 g/mol. The Morgan fingerprint density at radius 1 is 1.19 bits per heavy atom. The van der Waals surface area contributed by atoms with Gasteiger partial charge in [0.1, 0.15) is 0 Å². The van der Waals surface area contributed by atoms with E-state index in [-0.39, 0.29) is 11.8 Å². The summed E-state index contributed by atoms with van der Waals surface area (Å²) in [7, 11) is 6.97.